The molecule has 1 saturated heterocycles. The summed E-state index contributed by atoms with van der Waals surface area (Å²) in [5, 5.41) is 14.0. The maximum absolute atomic E-state index is 9.61. The average molecular weight is 516 g/mol. The van der Waals surface area contributed by atoms with Gasteiger partial charge in [0.15, 0.2) is 0 Å². The molecule has 10 nitrogen and oxygen atoms in total. The normalized spacial score (nSPS) is 14.9. The van der Waals surface area contributed by atoms with Crippen molar-refractivity contribution in [2.24, 2.45) is 4.99 Å². The highest BCUT2D eigenvalue weighted by atomic mass is 16.5. The Kier molecular flexibility index (Phi) is 9.08. The Bertz CT molecular complexity index is 1360. The second-order valence-corrected chi connectivity index (χ2v) is 8.86. The lowest BCUT2D eigenvalue weighted by Crippen LogP contribution is -2.45. The van der Waals surface area contributed by atoms with Crippen molar-refractivity contribution in [3.05, 3.63) is 71.5 Å². The molecule has 3 aromatic heterocycles. The molecule has 198 valence electrons. The molecule has 1 fully saturated rings. The molecule has 1 aliphatic heterocycles. The summed E-state index contributed by atoms with van der Waals surface area (Å²) < 4.78 is 17.8. The molecule has 0 atom stereocenters. The highest BCUT2D eigenvalue weighted by Gasteiger charge is 2.19. The molecule has 0 amide bonds. The Morgan fingerprint density at radius 3 is 2.71 bits per heavy atom. The number of hydrogen-bond donors (Lipinski definition) is 0. The summed E-state index contributed by atoms with van der Waals surface area (Å²) in [5.74, 6) is 2.09. The van der Waals surface area contributed by atoms with Crippen LogP contribution in [0.2, 0.25) is 0 Å². The van der Waals surface area contributed by atoms with Crippen molar-refractivity contribution < 1.29 is 14.2 Å². The summed E-state index contributed by atoms with van der Waals surface area (Å²) in [6, 6.07) is 10.0. The van der Waals surface area contributed by atoms with E-state index >= 15 is 0 Å². The van der Waals surface area contributed by atoms with Gasteiger partial charge in [-0.15, -0.1) is 0 Å². The van der Waals surface area contributed by atoms with Gasteiger partial charge in [0, 0.05) is 51.5 Å². The summed E-state index contributed by atoms with van der Waals surface area (Å²) >= 11 is 0. The molecule has 0 N–H and O–H groups in total. The van der Waals surface area contributed by atoms with Crippen molar-refractivity contribution in [2.45, 2.75) is 13.5 Å². The van der Waals surface area contributed by atoms with E-state index in [9.17, 15) is 5.26 Å². The van der Waals surface area contributed by atoms with Crippen molar-refractivity contribution in [1.82, 2.24) is 24.4 Å². The number of hydrogen-bond acceptors (Lipinski definition) is 9. The largest absolute Gasteiger partial charge is 0.490 e. The molecule has 0 bridgehead atoms. The number of piperazine rings is 1. The van der Waals surface area contributed by atoms with Crippen LogP contribution in [0.15, 0.2) is 59.6 Å². The number of allylic oxidation sites excluding steroid dienone is 3. The van der Waals surface area contributed by atoms with Crippen LogP contribution in [0.3, 0.4) is 0 Å². The van der Waals surface area contributed by atoms with E-state index < -0.39 is 0 Å². The quantitative estimate of drug-likeness (QED) is 0.218. The fraction of sp³-hybridized carbons (Fsp3) is 0.357. The van der Waals surface area contributed by atoms with E-state index in [2.05, 4.69) is 37.7 Å². The third-order valence-corrected chi connectivity index (χ3v) is 6.40. The van der Waals surface area contributed by atoms with Gasteiger partial charge in [-0.2, -0.15) is 10.4 Å². The van der Waals surface area contributed by atoms with E-state index in [1.165, 1.54) is 0 Å². The van der Waals surface area contributed by atoms with Gasteiger partial charge in [-0.05, 0) is 37.4 Å². The topological polar surface area (TPSA) is 101 Å². The van der Waals surface area contributed by atoms with E-state index in [0.717, 1.165) is 60.9 Å². The zero-order chi connectivity index (χ0) is 26.9. The minimum Gasteiger partial charge on any atom is -0.490 e. The van der Waals surface area contributed by atoms with Crippen LogP contribution in [0.4, 0.5) is 0 Å². The summed E-state index contributed by atoms with van der Waals surface area (Å²) in [4.78, 5) is 13.4. The molecule has 3 aromatic rings. The van der Waals surface area contributed by atoms with Crippen molar-refractivity contribution in [1.29, 1.82) is 5.26 Å². The minimum absolute atomic E-state index is 0.418. The lowest BCUT2D eigenvalue weighted by molar-refractivity contribution is 0.146. The molecule has 38 heavy (non-hydrogen) atoms. The van der Waals surface area contributed by atoms with Gasteiger partial charge >= 0.3 is 0 Å². The molecule has 0 spiro atoms. The molecule has 0 aliphatic carbocycles. The fourth-order valence-electron chi connectivity index (χ4n) is 4.37. The molecular weight excluding hydrogens is 482 g/mol. The monoisotopic (exact) mass is 515 g/mol. The third-order valence-electron chi connectivity index (χ3n) is 6.40. The Labute approximate surface area is 223 Å². The van der Waals surface area contributed by atoms with Crippen LogP contribution in [0.5, 0.6) is 11.6 Å². The first-order valence-electron chi connectivity index (χ1n) is 12.4. The van der Waals surface area contributed by atoms with Crippen molar-refractivity contribution in [3.8, 4) is 17.7 Å². The van der Waals surface area contributed by atoms with Crippen molar-refractivity contribution in [3.63, 3.8) is 0 Å². The van der Waals surface area contributed by atoms with E-state index in [4.69, 9.17) is 14.2 Å². The Morgan fingerprint density at radius 2 is 2.00 bits per heavy atom. The van der Waals surface area contributed by atoms with Crippen molar-refractivity contribution in [2.75, 3.05) is 53.6 Å². The molecule has 0 unspecified atom stereocenters. The van der Waals surface area contributed by atoms with Gasteiger partial charge in [-0.25, -0.2) is 14.5 Å². The van der Waals surface area contributed by atoms with E-state index in [1.54, 1.807) is 31.1 Å². The predicted octanol–water partition coefficient (Wildman–Crippen LogP) is 3.40. The summed E-state index contributed by atoms with van der Waals surface area (Å²) in [6.45, 7) is 10.9. The molecule has 0 radical (unpaired) electrons. The first-order valence-corrected chi connectivity index (χ1v) is 12.4. The first-order chi connectivity index (χ1) is 18.6. The second-order valence-electron chi connectivity index (χ2n) is 8.86. The molecule has 0 aromatic carbocycles. The average Bonchev–Trinajstić information content (AvgIpc) is 3.37. The number of pyridine rings is 2. The van der Waals surface area contributed by atoms with Gasteiger partial charge in [-0.3, -0.25) is 4.90 Å². The van der Waals surface area contributed by atoms with Gasteiger partial charge in [0.25, 0.3) is 0 Å². The van der Waals surface area contributed by atoms with Crippen LogP contribution in [0.1, 0.15) is 23.7 Å². The van der Waals surface area contributed by atoms with Crippen LogP contribution in [-0.4, -0.2) is 84.7 Å². The molecule has 10 heteroatoms. The van der Waals surface area contributed by atoms with Crippen LogP contribution in [0.25, 0.3) is 11.1 Å². The van der Waals surface area contributed by atoms with Gasteiger partial charge in [0.2, 0.25) is 5.88 Å². The highest BCUT2D eigenvalue weighted by molar-refractivity contribution is 5.82. The van der Waals surface area contributed by atoms with Gasteiger partial charge in [0.05, 0.1) is 42.9 Å². The highest BCUT2D eigenvalue weighted by Crippen LogP contribution is 2.28. The standard InChI is InChI=1S/C28H33N7O3/c1-21(25-16-24(38-15-14-36-3)20-35-28(25)22(17-29)18-31-35)8-9-26(30-2)34-12-10-33(11-13-34)19-23-6-5-7-27(32-23)37-4/h5-9,16,18,20H,2,10-15,19H2,1,3-4H3/b21-8+,26-9+. The summed E-state index contributed by atoms with van der Waals surface area (Å²) in [7, 11) is 3.26. The number of nitrogens with zero attached hydrogens (tertiary/aromatic N) is 7. The molecule has 1 aliphatic rings. The van der Waals surface area contributed by atoms with Crippen LogP contribution < -0.4 is 9.47 Å². The van der Waals surface area contributed by atoms with Gasteiger partial charge < -0.3 is 19.1 Å². The molecular formula is C28H33N7O3. The zero-order valence-corrected chi connectivity index (χ0v) is 22.1. The zero-order valence-electron chi connectivity index (χ0n) is 22.1. The van der Waals surface area contributed by atoms with Crippen LogP contribution in [-0.2, 0) is 11.3 Å². The molecule has 0 saturated carbocycles. The Balaban J connectivity index is 1.49. The number of aliphatic imine (C=N–C) groups is 1. The van der Waals surface area contributed by atoms with Gasteiger partial charge in [-0.1, -0.05) is 12.1 Å². The van der Waals surface area contributed by atoms with Crippen LogP contribution >= 0.6 is 0 Å². The fourth-order valence-corrected chi connectivity index (χ4v) is 4.37. The minimum atomic E-state index is 0.418. The van der Waals surface area contributed by atoms with E-state index in [0.29, 0.717) is 30.4 Å². The Hall–Kier alpha value is -4.20. The number of methoxy groups -OCH3 is 2. The number of rotatable bonds is 11. The maximum Gasteiger partial charge on any atom is 0.213 e. The number of fused-ring (bicyclic) bond motifs is 1. The number of aromatic nitrogens is 3. The Morgan fingerprint density at radius 1 is 1.18 bits per heavy atom. The second kappa shape index (κ2) is 12.9. The van der Waals surface area contributed by atoms with E-state index in [1.807, 2.05) is 43.3 Å². The van der Waals surface area contributed by atoms with Crippen LogP contribution in [0, 0.1) is 11.3 Å². The lowest BCUT2D eigenvalue weighted by atomic mass is 10.0. The summed E-state index contributed by atoms with van der Waals surface area (Å²) in [6.07, 6.45) is 7.31. The molecule has 4 heterocycles. The molecule has 4 rings (SSSR count). The van der Waals surface area contributed by atoms with Gasteiger partial charge in [0.1, 0.15) is 24.2 Å². The lowest BCUT2D eigenvalue weighted by Gasteiger charge is -2.35. The number of nitriles is 1. The predicted molar refractivity (Wildman–Crippen MR) is 146 cm³/mol. The maximum atomic E-state index is 9.61. The first kappa shape index (κ1) is 26.9. The summed E-state index contributed by atoms with van der Waals surface area (Å²) in [5.41, 5.74) is 4.05. The van der Waals surface area contributed by atoms with Crippen molar-refractivity contribution >= 4 is 17.8 Å². The SMILES string of the molecule is C=N/C(=C\C=C(/C)c1cc(OCCOC)cn2ncc(C#N)c12)N1CCN(Cc2cccc(OC)n2)CC1. The smallest absolute Gasteiger partial charge is 0.213 e. The number of ether oxygens (including phenoxy) is 3. The third kappa shape index (κ3) is 6.37. The van der Waals surface area contributed by atoms with E-state index in [-0.39, 0.29) is 0 Å².